The monoisotopic (exact) mass is 332 g/mol. The normalized spacial score (nSPS) is 24.8. The average Bonchev–Trinajstić information content (AvgIpc) is 3.11. The van der Waals surface area contributed by atoms with Crippen LogP contribution in [0.2, 0.25) is 0 Å². The molecule has 0 aromatic heterocycles. The van der Waals surface area contributed by atoms with Gasteiger partial charge >= 0.3 is 0 Å². The highest BCUT2D eigenvalue weighted by molar-refractivity contribution is 5.97. The van der Waals surface area contributed by atoms with Gasteiger partial charge in [0.1, 0.15) is 5.75 Å². The summed E-state index contributed by atoms with van der Waals surface area (Å²) in [7, 11) is 1.57. The molecule has 24 heavy (non-hydrogen) atoms. The minimum absolute atomic E-state index is 0.00954. The Morgan fingerprint density at radius 3 is 2.58 bits per heavy atom. The molecule has 2 heterocycles. The molecule has 0 saturated carbocycles. The molecule has 2 amide bonds. The van der Waals surface area contributed by atoms with Crippen LogP contribution in [0.5, 0.6) is 5.75 Å². The third-order valence-electron chi connectivity index (χ3n) is 5.13. The first kappa shape index (κ1) is 16.8. The molecule has 0 spiro atoms. The van der Waals surface area contributed by atoms with Crippen molar-refractivity contribution in [1.82, 2.24) is 4.90 Å². The van der Waals surface area contributed by atoms with Crippen LogP contribution in [0.25, 0.3) is 0 Å². The molecule has 1 aromatic rings. The highest BCUT2D eigenvalue weighted by atomic mass is 16.5. The van der Waals surface area contributed by atoms with E-state index in [0.717, 1.165) is 12.8 Å². The van der Waals surface area contributed by atoms with Gasteiger partial charge in [-0.25, -0.2) is 0 Å². The van der Waals surface area contributed by atoms with Gasteiger partial charge in [-0.15, -0.1) is 0 Å². The number of carbonyl (C=O) groups excluding carboxylic acids is 2. The number of benzene rings is 1. The number of piperidine rings is 1. The van der Waals surface area contributed by atoms with E-state index in [4.69, 9.17) is 15.2 Å². The van der Waals surface area contributed by atoms with Crippen LogP contribution < -0.4 is 10.5 Å². The second-order valence-electron chi connectivity index (χ2n) is 6.46. The summed E-state index contributed by atoms with van der Waals surface area (Å²) in [5.41, 5.74) is 6.07. The summed E-state index contributed by atoms with van der Waals surface area (Å²) >= 11 is 0. The van der Waals surface area contributed by atoms with Gasteiger partial charge in [0.2, 0.25) is 5.91 Å². The summed E-state index contributed by atoms with van der Waals surface area (Å²) in [4.78, 5) is 26.1. The molecule has 0 bridgehead atoms. The van der Waals surface area contributed by atoms with Crippen molar-refractivity contribution in [2.75, 3.05) is 26.8 Å². The lowest BCUT2D eigenvalue weighted by molar-refractivity contribution is -0.124. The van der Waals surface area contributed by atoms with Crippen molar-refractivity contribution in [2.45, 2.75) is 25.4 Å². The van der Waals surface area contributed by atoms with Crippen LogP contribution in [-0.4, -0.2) is 49.6 Å². The number of likely N-dealkylation sites (tertiary alicyclic amines) is 1. The molecule has 2 saturated heterocycles. The zero-order chi connectivity index (χ0) is 17.1. The second kappa shape index (κ2) is 7.21. The number of ether oxygens (including phenoxy) is 2. The van der Waals surface area contributed by atoms with Gasteiger partial charge in [0, 0.05) is 19.7 Å². The van der Waals surface area contributed by atoms with Gasteiger partial charge < -0.3 is 20.1 Å². The minimum atomic E-state index is -0.273. The molecular weight excluding hydrogens is 308 g/mol. The zero-order valence-corrected chi connectivity index (χ0v) is 13.9. The number of methoxy groups -OCH3 is 1. The Morgan fingerprint density at radius 1 is 1.21 bits per heavy atom. The Bertz CT molecular complexity index is 611. The fourth-order valence-corrected chi connectivity index (χ4v) is 3.80. The van der Waals surface area contributed by atoms with Crippen LogP contribution in [0.15, 0.2) is 24.3 Å². The molecule has 6 heteroatoms. The fourth-order valence-electron chi connectivity index (χ4n) is 3.80. The number of carbonyl (C=O) groups is 2. The SMILES string of the molecule is COc1ccccc1C(=O)N1CCC([C@H]2OCC[C@@H]2C(N)=O)CC1. The van der Waals surface area contributed by atoms with Crippen LogP contribution in [0.1, 0.15) is 29.6 Å². The number of hydrogen-bond acceptors (Lipinski definition) is 4. The maximum Gasteiger partial charge on any atom is 0.257 e. The molecule has 0 aliphatic carbocycles. The Morgan fingerprint density at radius 2 is 1.92 bits per heavy atom. The van der Waals surface area contributed by atoms with Gasteiger partial charge in [0.15, 0.2) is 0 Å². The lowest BCUT2D eigenvalue weighted by Gasteiger charge is -2.35. The molecule has 0 radical (unpaired) electrons. The number of para-hydroxylation sites is 1. The standard InChI is InChI=1S/C18H24N2O4/c1-23-15-5-3-2-4-13(15)18(22)20-9-6-12(7-10-20)16-14(17(19)21)8-11-24-16/h2-5,12,14,16H,6-11H2,1H3,(H2,19,21)/t14-,16+/m0/s1. The van der Waals surface area contributed by atoms with E-state index < -0.39 is 0 Å². The first-order valence-corrected chi connectivity index (χ1v) is 8.45. The van der Waals surface area contributed by atoms with E-state index in [1.807, 2.05) is 17.0 Å². The lowest BCUT2D eigenvalue weighted by atomic mass is 9.84. The van der Waals surface area contributed by atoms with Crippen molar-refractivity contribution in [3.63, 3.8) is 0 Å². The van der Waals surface area contributed by atoms with Gasteiger partial charge in [-0.1, -0.05) is 12.1 Å². The molecule has 130 valence electrons. The highest BCUT2D eigenvalue weighted by Crippen LogP contribution is 2.33. The Labute approximate surface area is 141 Å². The van der Waals surface area contributed by atoms with Crippen LogP contribution in [0.3, 0.4) is 0 Å². The Hall–Kier alpha value is -2.08. The summed E-state index contributed by atoms with van der Waals surface area (Å²) in [5, 5.41) is 0. The maximum absolute atomic E-state index is 12.7. The minimum Gasteiger partial charge on any atom is -0.496 e. The van der Waals surface area contributed by atoms with Gasteiger partial charge in [-0.3, -0.25) is 9.59 Å². The highest BCUT2D eigenvalue weighted by Gasteiger charge is 2.40. The number of primary amides is 1. The van der Waals surface area contributed by atoms with Crippen molar-refractivity contribution < 1.29 is 19.1 Å². The van der Waals surface area contributed by atoms with Crippen molar-refractivity contribution in [3.8, 4) is 5.75 Å². The number of nitrogens with zero attached hydrogens (tertiary/aromatic N) is 1. The Balaban J connectivity index is 1.63. The molecular formula is C18H24N2O4. The van der Waals surface area contributed by atoms with Crippen LogP contribution in [-0.2, 0) is 9.53 Å². The molecule has 6 nitrogen and oxygen atoms in total. The zero-order valence-electron chi connectivity index (χ0n) is 13.9. The maximum atomic E-state index is 12.7. The molecule has 1 aromatic carbocycles. The van der Waals surface area contributed by atoms with E-state index in [1.165, 1.54) is 0 Å². The van der Waals surface area contributed by atoms with E-state index in [0.29, 0.717) is 37.4 Å². The van der Waals surface area contributed by atoms with Crippen LogP contribution in [0, 0.1) is 11.8 Å². The number of rotatable bonds is 4. The molecule has 2 N–H and O–H groups in total. The summed E-state index contributed by atoms with van der Waals surface area (Å²) in [6.45, 7) is 1.92. The van der Waals surface area contributed by atoms with E-state index in [2.05, 4.69) is 0 Å². The third kappa shape index (κ3) is 3.24. The summed E-state index contributed by atoms with van der Waals surface area (Å²) in [6, 6.07) is 7.27. The van der Waals surface area contributed by atoms with Crippen molar-refractivity contribution in [2.24, 2.45) is 17.6 Å². The smallest absolute Gasteiger partial charge is 0.257 e. The van der Waals surface area contributed by atoms with Gasteiger partial charge in [0.25, 0.3) is 5.91 Å². The predicted molar refractivity (Wildman–Crippen MR) is 88.7 cm³/mol. The molecule has 2 aliphatic rings. The first-order chi connectivity index (χ1) is 11.6. The fraction of sp³-hybridized carbons (Fsp3) is 0.556. The Kier molecular flexibility index (Phi) is 5.04. The van der Waals surface area contributed by atoms with Gasteiger partial charge in [-0.2, -0.15) is 0 Å². The molecule has 2 fully saturated rings. The van der Waals surface area contributed by atoms with E-state index in [9.17, 15) is 9.59 Å². The van der Waals surface area contributed by atoms with Crippen molar-refractivity contribution >= 4 is 11.8 Å². The van der Waals surface area contributed by atoms with Gasteiger partial charge in [-0.05, 0) is 37.3 Å². The predicted octanol–water partition coefficient (Wildman–Crippen LogP) is 1.44. The molecule has 3 rings (SSSR count). The van der Waals surface area contributed by atoms with Crippen molar-refractivity contribution in [1.29, 1.82) is 0 Å². The summed E-state index contributed by atoms with van der Waals surface area (Å²) < 4.78 is 11.0. The molecule has 2 atom stereocenters. The number of hydrogen-bond donors (Lipinski definition) is 1. The topological polar surface area (TPSA) is 81.9 Å². The molecule has 2 aliphatic heterocycles. The van der Waals surface area contributed by atoms with E-state index in [-0.39, 0.29) is 29.8 Å². The van der Waals surface area contributed by atoms with E-state index >= 15 is 0 Å². The number of amides is 2. The second-order valence-corrected chi connectivity index (χ2v) is 6.46. The quantitative estimate of drug-likeness (QED) is 0.904. The number of nitrogens with two attached hydrogens (primary N) is 1. The van der Waals surface area contributed by atoms with Crippen molar-refractivity contribution in [3.05, 3.63) is 29.8 Å². The summed E-state index contributed by atoms with van der Waals surface area (Å²) in [5.74, 6) is 0.408. The third-order valence-corrected chi connectivity index (χ3v) is 5.13. The van der Waals surface area contributed by atoms with Crippen LogP contribution >= 0.6 is 0 Å². The molecule has 0 unspecified atom stereocenters. The lowest BCUT2D eigenvalue weighted by Crippen LogP contribution is -2.44. The summed E-state index contributed by atoms with van der Waals surface area (Å²) in [6.07, 6.45) is 2.27. The largest absolute Gasteiger partial charge is 0.496 e. The van der Waals surface area contributed by atoms with E-state index in [1.54, 1.807) is 19.2 Å². The average molecular weight is 332 g/mol. The van der Waals surface area contributed by atoms with Gasteiger partial charge in [0.05, 0.1) is 24.7 Å². The van der Waals surface area contributed by atoms with Crippen LogP contribution in [0.4, 0.5) is 0 Å². The first-order valence-electron chi connectivity index (χ1n) is 8.45.